The van der Waals surface area contributed by atoms with E-state index in [4.69, 9.17) is 0 Å². The van der Waals surface area contributed by atoms with E-state index in [0.29, 0.717) is 30.5 Å². The molecule has 1 fully saturated rings. The van der Waals surface area contributed by atoms with E-state index in [0.717, 1.165) is 30.5 Å². The molecule has 0 saturated heterocycles. The summed E-state index contributed by atoms with van der Waals surface area (Å²) in [5, 5.41) is 9.17. The predicted octanol–water partition coefficient (Wildman–Crippen LogP) is 2.26. The molecule has 3 unspecified atom stereocenters. The molecule has 3 atom stereocenters. The van der Waals surface area contributed by atoms with E-state index in [2.05, 4.69) is 18.0 Å². The molecule has 1 saturated carbocycles. The molecule has 3 heteroatoms. The Hall–Kier alpha value is -1.22. The number of fused-ring (bicyclic) bond motifs is 3. The van der Waals surface area contributed by atoms with Crippen molar-refractivity contribution < 1.29 is 9.90 Å². The lowest BCUT2D eigenvalue weighted by Crippen LogP contribution is -2.45. The fourth-order valence-corrected chi connectivity index (χ4v) is 4.20. The Kier molecular flexibility index (Phi) is 3.17. The van der Waals surface area contributed by atoms with Gasteiger partial charge in [0.2, 0.25) is 0 Å². The minimum absolute atomic E-state index is 0.160. The maximum atomic E-state index is 12.8. The van der Waals surface area contributed by atoms with E-state index in [1.807, 2.05) is 12.3 Å². The third kappa shape index (κ3) is 1.83. The van der Waals surface area contributed by atoms with Gasteiger partial charge in [0.1, 0.15) is 5.78 Å². The van der Waals surface area contributed by atoms with Gasteiger partial charge in [0.15, 0.2) is 0 Å². The van der Waals surface area contributed by atoms with Gasteiger partial charge in [0.05, 0.1) is 5.41 Å². The quantitative estimate of drug-likeness (QED) is 0.906. The number of nitrogens with zero attached hydrogens (tertiary/aromatic N) is 1. The van der Waals surface area contributed by atoms with Crippen molar-refractivity contribution in [2.45, 2.75) is 44.4 Å². The topological polar surface area (TPSA) is 50.2 Å². The summed E-state index contributed by atoms with van der Waals surface area (Å²) in [6, 6.07) is 4.01. The molecule has 1 N–H and O–H groups in total. The van der Waals surface area contributed by atoms with E-state index >= 15 is 0 Å². The molecule has 3 rings (SSSR count). The molecular weight excluding hydrogens is 238 g/mol. The van der Waals surface area contributed by atoms with Gasteiger partial charge in [-0.1, -0.05) is 13.0 Å². The molecule has 3 nitrogen and oxygen atoms in total. The first-order valence-electron chi connectivity index (χ1n) is 7.27. The average Bonchev–Trinajstić information content (AvgIpc) is 2.71. The fraction of sp³-hybridized carbons (Fsp3) is 0.625. The Morgan fingerprint density at radius 2 is 2.32 bits per heavy atom. The van der Waals surface area contributed by atoms with Crippen LogP contribution in [0.4, 0.5) is 0 Å². The van der Waals surface area contributed by atoms with E-state index < -0.39 is 0 Å². The monoisotopic (exact) mass is 259 g/mol. The highest BCUT2D eigenvalue weighted by molar-refractivity contribution is 5.92. The van der Waals surface area contributed by atoms with Crippen molar-refractivity contribution in [3.05, 3.63) is 29.6 Å². The summed E-state index contributed by atoms with van der Waals surface area (Å²) in [5.41, 5.74) is 1.90. The minimum atomic E-state index is -0.348. The zero-order valence-electron chi connectivity index (χ0n) is 11.4. The van der Waals surface area contributed by atoms with Crippen LogP contribution in [0.3, 0.4) is 0 Å². The van der Waals surface area contributed by atoms with Crippen LogP contribution in [0, 0.1) is 11.8 Å². The summed E-state index contributed by atoms with van der Waals surface area (Å²) in [6.07, 6.45) is 6.01. The third-order valence-electron chi connectivity index (χ3n) is 4.96. The molecule has 0 aromatic carbocycles. The lowest BCUT2D eigenvalue weighted by molar-refractivity contribution is -0.130. The highest BCUT2D eigenvalue weighted by Crippen LogP contribution is 2.52. The van der Waals surface area contributed by atoms with Gasteiger partial charge in [-0.05, 0) is 49.1 Å². The molecule has 0 amide bonds. The van der Waals surface area contributed by atoms with Crippen LogP contribution < -0.4 is 0 Å². The lowest BCUT2D eigenvalue weighted by Gasteiger charge is -2.41. The average molecular weight is 259 g/mol. The molecule has 0 spiro atoms. The van der Waals surface area contributed by atoms with Crippen molar-refractivity contribution >= 4 is 5.78 Å². The summed E-state index contributed by atoms with van der Waals surface area (Å²) in [4.78, 5) is 17.2. The highest BCUT2D eigenvalue weighted by Gasteiger charge is 2.54. The van der Waals surface area contributed by atoms with Gasteiger partial charge in [-0.15, -0.1) is 0 Å². The fourth-order valence-electron chi connectivity index (χ4n) is 4.20. The molecule has 102 valence electrons. The molecule has 2 aliphatic rings. The predicted molar refractivity (Wildman–Crippen MR) is 72.8 cm³/mol. The van der Waals surface area contributed by atoms with E-state index in [1.54, 1.807) is 0 Å². The second-order valence-electron chi connectivity index (χ2n) is 6.17. The molecule has 1 aromatic rings. The van der Waals surface area contributed by atoms with Gasteiger partial charge in [-0.3, -0.25) is 9.78 Å². The smallest absolute Gasteiger partial charge is 0.144 e. The van der Waals surface area contributed by atoms with E-state index in [-0.39, 0.29) is 12.0 Å². The second-order valence-corrected chi connectivity index (χ2v) is 6.17. The van der Waals surface area contributed by atoms with Crippen LogP contribution in [0.25, 0.3) is 0 Å². The molecular formula is C16H21NO2. The molecule has 2 aliphatic carbocycles. The second kappa shape index (κ2) is 4.71. The Balaban J connectivity index is 2.07. The summed E-state index contributed by atoms with van der Waals surface area (Å²) in [5.74, 6) is 1.24. The molecule has 1 heterocycles. The van der Waals surface area contributed by atoms with Crippen molar-refractivity contribution in [2.75, 3.05) is 6.61 Å². The maximum Gasteiger partial charge on any atom is 0.144 e. The largest absolute Gasteiger partial charge is 0.396 e. The van der Waals surface area contributed by atoms with Crippen LogP contribution in [0.1, 0.15) is 43.9 Å². The highest BCUT2D eigenvalue weighted by atomic mass is 16.3. The Bertz CT molecular complexity index is 499. The van der Waals surface area contributed by atoms with Gasteiger partial charge in [-0.2, -0.15) is 0 Å². The number of hydrogen-bond donors (Lipinski definition) is 1. The third-order valence-corrected chi connectivity index (χ3v) is 4.96. The number of Topliss-reactive ketones (excluding diaryl/α,β-unsaturated/α-hetero) is 1. The Morgan fingerprint density at radius 3 is 3.11 bits per heavy atom. The molecule has 19 heavy (non-hydrogen) atoms. The summed E-state index contributed by atoms with van der Waals surface area (Å²) in [6.45, 7) is 2.33. The van der Waals surface area contributed by atoms with Gasteiger partial charge >= 0.3 is 0 Å². The van der Waals surface area contributed by atoms with E-state index in [9.17, 15) is 9.90 Å². The van der Waals surface area contributed by atoms with Gasteiger partial charge in [-0.25, -0.2) is 0 Å². The normalized spacial score (nSPS) is 33.1. The van der Waals surface area contributed by atoms with Crippen molar-refractivity contribution in [2.24, 2.45) is 11.8 Å². The summed E-state index contributed by atoms with van der Waals surface area (Å²) < 4.78 is 0. The van der Waals surface area contributed by atoms with Crippen LogP contribution in [0.5, 0.6) is 0 Å². The number of carbonyl (C=O) groups is 1. The molecule has 0 aliphatic heterocycles. The number of aliphatic hydroxyl groups is 1. The Labute approximate surface area is 114 Å². The van der Waals surface area contributed by atoms with Crippen molar-refractivity contribution in [3.63, 3.8) is 0 Å². The van der Waals surface area contributed by atoms with Crippen molar-refractivity contribution in [1.82, 2.24) is 4.98 Å². The molecule has 0 radical (unpaired) electrons. The lowest BCUT2D eigenvalue weighted by atomic mass is 9.61. The summed E-state index contributed by atoms with van der Waals surface area (Å²) in [7, 11) is 0. The molecule has 0 bridgehead atoms. The van der Waals surface area contributed by atoms with Gasteiger partial charge < -0.3 is 5.11 Å². The summed E-state index contributed by atoms with van der Waals surface area (Å²) >= 11 is 0. The number of carbonyl (C=O) groups excluding carboxylic acids is 1. The van der Waals surface area contributed by atoms with E-state index in [1.165, 1.54) is 0 Å². The zero-order chi connectivity index (χ0) is 13.5. The first-order chi connectivity index (χ1) is 9.18. The zero-order valence-corrected chi connectivity index (χ0v) is 11.4. The maximum absolute atomic E-state index is 12.8. The number of ketones is 1. The van der Waals surface area contributed by atoms with Gasteiger partial charge in [0, 0.05) is 24.9 Å². The van der Waals surface area contributed by atoms with Crippen LogP contribution >= 0.6 is 0 Å². The van der Waals surface area contributed by atoms with Crippen LogP contribution in [-0.2, 0) is 16.6 Å². The number of aromatic nitrogens is 1. The number of hydrogen-bond acceptors (Lipinski definition) is 3. The first-order valence-corrected chi connectivity index (χ1v) is 7.27. The number of aliphatic hydroxyl groups excluding tert-OH is 1. The number of pyridine rings is 1. The van der Waals surface area contributed by atoms with Crippen LogP contribution in [0.2, 0.25) is 0 Å². The van der Waals surface area contributed by atoms with Crippen molar-refractivity contribution in [1.29, 1.82) is 0 Å². The molecule has 1 aromatic heterocycles. The van der Waals surface area contributed by atoms with Crippen LogP contribution in [0.15, 0.2) is 18.3 Å². The SMILES string of the molecule is CC1CC(=O)C2(CCCO)c3cccnc3CC2C1. The minimum Gasteiger partial charge on any atom is -0.396 e. The first kappa shape index (κ1) is 12.8. The van der Waals surface area contributed by atoms with Gasteiger partial charge in [0.25, 0.3) is 0 Å². The van der Waals surface area contributed by atoms with Crippen molar-refractivity contribution in [3.8, 4) is 0 Å². The standard InChI is InChI=1S/C16H21NO2/c1-11-8-12-10-14-13(4-2-6-17-14)16(12,5-3-7-18)15(19)9-11/h2,4,6,11-12,18H,3,5,7-10H2,1H3. The number of rotatable bonds is 3. The Morgan fingerprint density at radius 1 is 1.47 bits per heavy atom. The van der Waals surface area contributed by atoms with Crippen LogP contribution in [-0.4, -0.2) is 22.5 Å².